The van der Waals surface area contributed by atoms with Crippen molar-refractivity contribution in [2.45, 2.75) is 6.92 Å². The van der Waals surface area contributed by atoms with E-state index >= 15 is 0 Å². The molecule has 0 bridgehead atoms. The Morgan fingerprint density at radius 3 is 2.36 bits per heavy atom. The molecule has 0 N–H and O–H groups in total. The van der Waals surface area contributed by atoms with Crippen molar-refractivity contribution < 1.29 is 9.59 Å². The zero-order valence-corrected chi connectivity index (χ0v) is 6.39. The number of allylic oxidation sites excluding steroid dienone is 4. The van der Waals surface area contributed by atoms with E-state index in [4.69, 9.17) is 0 Å². The number of ketones is 2. The third-order valence-electron chi connectivity index (χ3n) is 1.08. The van der Waals surface area contributed by atoms with Gasteiger partial charge in [-0.2, -0.15) is 0 Å². The Balaban J connectivity index is 4.45. The molecule has 0 rings (SSSR count). The van der Waals surface area contributed by atoms with E-state index in [2.05, 4.69) is 19.2 Å². The molecule has 0 saturated carbocycles. The van der Waals surface area contributed by atoms with Gasteiger partial charge in [0.05, 0.1) is 0 Å². The van der Waals surface area contributed by atoms with E-state index < -0.39 is 0 Å². The van der Waals surface area contributed by atoms with Gasteiger partial charge in [0, 0.05) is 11.6 Å². The van der Waals surface area contributed by atoms with Crippen LogP contribution in [-0.2, 0) is 9.59 Å². The summed E-state index contributed by atoms with van der Waals surface area (Å²) in [5, 5.41) is 0. The molecule has 57 valence electrons. The molecular formula is C9H9O2. The SMILES string of the molecule is C=[C]C(=O)/C(C)=C/C(=O)C=C. The van der Waals surface area contributed by atoms with E-state index in [0.717, 1.165) is 6.08 Å². The summed E-state index contributed by atoms with van der Waals surface area (Å²) in [5.41, 5.74) is 0.324. The van der Waals surface area contributed by atoms with Crippen molar-refractivity contribution in [1.29, 1.82) is 0 Å². The predicted octanol–water partition coefficient (Wildman–Crippen LogP) is 1.25. The Kier molecular flexibility index (Phi) is 3.81. The third kappa shape index (κ3) is 3.30. The van der Waals surface area contributed by atoms with E-state index in [0.29, 0.717) is 5.57 Å². The van der Waals surface area contributed by atoms with Gasteiger partial charge in [0.2, 0.25) is 0 Å². The van der Waals surface area contributed by atoms with Gasteiger partial charge in [0.1, 0.15) is 0 Å². The van der Waals surface area contributed by atoms with Crippen LogP contribution in [0.4, 0.5) is 0 Å². The van der Waals surface area contributed by atoms with E-state index in [1.54, 1.807) is 0 Å². The molecule has 0 fully saturated rings. The summed E-state index contributed by atoms with van der Waals surface area (Å²) < 4.78 is 0. The first-order valence-corrected chi connectivity index (χ1v) is 3.04. The molecule has 0 unspecified atom stereocenters. The first-order valence-electron chi connectivity index (χ1n) is 3.04. The van der Waals surface area contributed by atoms with Crippen molar-refractivity contribution in [3.63, 3.8) is 0 Å². The zero-order chi connectivity index (χ0) is 8.85. The third-order valence-corrected chi connectivity index (χ3v) is 1.08. The summed E-state index contributed by atoms with van der Waals surface area (Å²) in [5.74, 6) is -0.647. The fraction of sp³-hybridized carbons (Fsp3) is 0.111. The number of Topliss-reactive ketones (excluding diaryl/α,β-unsaturated/α-hetero) is 1. The van der Waals surface area contributed by atoms with Crippen LogP contribution in [0.1, 0.15) is 6.92 Å². The molecule has 0 saturated heterocycles. The number of hydrogen-bond donors (Lipinski definition) is 0. The minimum Gasteiger partial charge on any atom is -0.290 e. The Bertz CT molecular complexity index is 234. The molecule has 0 amide bonds. The normalized spacial score (nSPS) is 10.5. The van der Waals surface area contributed by atoms with Crippen LogP contribution in [0.3, 0.4) is 0 Å². The maximum atomic E-state index is 10.7. The molecule has 0 aromatic carbocycles. The van der Waals surface area contributed by atoms with Gasteiger partial charge in [0.15, 0.2) is 11.6 Å². The van der Waals surface area contributed by atoms with Gasteiger partial charge < -0.3 is 0 Å². The summed E-state index contributed by atoms with van der Waals surface area (Å²) in [6.45, 7) is 7.95. The van der Waals surface area contributed by atoms with Crippen molar-refractivity contribution in [3.8, 4) is 0 Å². The highest BCUT2D eigenvalue weighted by molar-refractivity contribution is 6.08. The van der Waals surface area contributed by atoms with Crippen molar-refractivity contribution in [2.75, 3.05) is 0 Å². The Morgan fingerprint density at radius 2 is 2.00 bits per heavy atom. The van der Waals surface area contributed by atoms with E-state index in [9.17, 15) is 9.59 Å². The minimum atomic E-state index is -0.361. The molecule has 0 aliphatic carbocycles. The van der Waals surface area contributed by atoms with Gasteiger partial charge in [-0.15, -0.1) is 0 Å². The van der Waals surface area contributed by atoms with Gasteiger partial charge in [-0.05, 0) is 19.1 Å². The molecule has 0 atom stereocenters. The lowest BCUT2D eigenvalue weighted by molar-refractivity contribution is -0.113. The second-order valence-electron chi connectivity index (χ2n) is 1.94. The monoisotopic (exact) mass is 149 g/mol. The molecule has 0 heterocycles. The summed E-state index contributed by atoms with van der Waals surface area (Å²) in [4.78, 5) is 21.4. The zero-order valence-electron chi connectivity index (χ0n) is 6.39. The van der Waals surface area contributed by atoms with Crippen LogP contribution in [0.15, 0.2) is 30.9 Å². The summed E-state index contributed by atoms with van der Waals surface area (Å²) in [6, 6.07) is 0. The summed E-state index contributed by atoms with van der Waals surface area (Å²) >= 11 is 0. The molecule has 2 heteroatoms. The summed E-state index contributed by atoms with van der Waals surface area (Å²) in [7, 11) is 0. The lowest BCUT2D eigenvalue weighted by atomic mass is 10.1. The number of rotatable bonds is 4. The lowest BCUT2D eigenvalue weighted by Crippen LogP contribution is -1.97. The molecule has 0 aliphatic rings. The number of hydrogen-bond acceptors (Lipinski definition) is 2. The van der Waals surface area contributed by atoms with Crippen LogP contribution in [0, 0.1) is 6.08 Å². The van der Waals surface area contributed by atoms with Gasteiger partial charge in [-0.1, -0.05) is 13.2 Å². The van der Waals surface area contributed by atoms with Crippen LogP contribution >= 0.6 is 0 Å². The Labute approximate surface area is 65.9 Å². The molecule has 0 spiro atoms. The fourth-order valence-electron chi connectivity index (χ4n) is 0.477. The van der Waals surface area contributed by atoms with Crippen molar-refractivity contribution >= 4 is 11.6 Å². The molecule has 2 nitrogen and oxygen atoms in total. The molecule has 1 radical (unpaired) electrons. The van der Waals surface area contributed by atoms with Crippen LogP contribution in [-0.4, -0.2) is 11.6 Å². The second kappa shape index (κ2) is 4.39. The fourth-order valence-corrected chi connectivity index (χ4v) is 0.477. The largest absolute Gasteiger partial charge is 0.290 e. The maximum absolute atomic E-state index is 10.7. The highest BCUT2D eigenvalue weighted by atomic mass is 16.1. The van der Waals surface area contributed by atoms with E-state index in [1.165, 1.54) is 13.0 Å². The van der Waals surface area contributed by atoms with Crippen LogP contribution in [0.2, 0.25) is 0 Å². The highest BCUT2D eigenvalue weighted by Crippen LogP contribution is 1.95. The first-order chi connectivity index (χ1) is 5.11. The highest BCUT2D eigenvalue weighted by Gasteiger charge is 1.99. The van der Waals surface area contributed by atoms with Gasteiger partial charge in [0.25, 0.3) is 0 Å². The summed E-state index contributed by atoms with van der Waals surface area (Å²) in [6.07, 6.45) is 4.49. The molecular weight excluding hydrogens is 140 g/mol. The Hall–Kier alpha value is -1.44. The molecule has 0 aromatic heterocycles. The quantitative estimate of drug-likeness (QED) is 0.563. The lowest BCUT2D eigenvalue weighted by Gasteiger charge is -1.89. The number of carbonyl (C=O) groups excluding carboxylic acids is 2. The van der Waals surface area contributed by atoms with E-state index in [1.807, 2.05) is 0 Å². The van der Waals surface area contributed by atoms with Crippen molar-refractivity contribution in [1.82, 2.24) is 0 Å². The van der Waals surface area contributed by atoms with Crippen molar-refractivity contribution in [2.24, 2.45) is 0 Å². The number of carbonyl (C=O) groups is 2. The minimum absolute atomic E-state index is 0.286. The van der Waals surface area contributed by atoms with Crippen LogP contribution in [0.5, 0.6) is 0 Å². The molecule has 0 aromatic rings. The van der Waals surface area contributed by atoms with Crippen LogP contribution < -0.4 is 0 Å². The average Bonchev–Trinajstić information content (AvgIpc) is 2.02. The van der Waals surface area contributed by atoms with E-state index in [-0.39, 0.29) is 11.6 Å². The average molecular weight is 149 g/mol. The first kappa shape index (κ1) is 9.56. The predicted molar refractivity (Wildman–Crippen MR) is 42.8 cm³/mol. The van der Waals surface area contributed by atoms with Gasteiger partial charge in [-0.3, -0.25) is 9.59 Å². The molecule has 11 heavy (non-hydrogen) atoms. The Morgan fingerprint density at radius 1 is 1.45 bits per heavy atom. The van der Waals surface area contributed by atoms with Gasteiger partial charge >= 0.3 is 0 Å². The van der Waals surface area contributed by atoms with Crippen molar-refractivity contribution in [3.05, 3.63) is 37.0 Å². The van der Waals surface area contributed by atoms with Gasteiger partial charge in [-0.25, -0.2) is 0 Å². The van der Waals surface area contributed by atoms with Crippen LogP contribution in [0.25, 0.3) is 0 Å². The second-order valence-corrected chi connectivity index (χ2v) is 1.94. The standard InChI is InChI=1S/C9H9O2/c1-4-8(10)6-7(3)9(11)5-2/h4,6H,1-2H2,3H3/b7-6+. The maximum Gasteiger partial charge on any atom is 0.188 e. The topological polar surface area (TPSA) is 34.1 Å². The molecule has 0 aliphatic heterocycles. The smallest absolute Gasteiger partial charge is 0.188 e.